The molecule has 4 aromatic rings. The Morgan fingerprint density at radius 2 is 1.82 bits per heavy atom. The van der Waals surface area contributed by atoms with Gasteiger partial charge in [0.15, 0.2) is 4.96 Å². The van der Waals surface area contributed by atoms with Crippen LogP contribution >= 0.6 is 11.3 Å². The Balaban J connectivity index is 1.17. The summed E-state index contributed by atoms with van der Waals surface area (Å²) >= 11 is 1.26. The van der Waals surface area contributed by atoms with Crippen LogP contribution in [0, 0.1) is 19.8 Å². The lowest BCUT2D eigenvalue weighted by Crippen LogP contribution is -2.40. The number of benzene rings is 2. The molecule has 1 saturated heterocycles. The number of imidazole rings is 1. The van der Waals surface area contributed by atoms with Crippen LogP contribution in [0.4, 0.5) is 0 Å². The van der Waals surface area contributed by atoms with Crippen molar-refractivity contribution in [2.45, 2.75) is 33.1 Å². The third-order valence-electron chi connectivity index (χ3n) is 6.93. The fourth-order valence-corrected chi connectivity index (χ4v) is 5.73. The Kier molecular flexibility index (Phi) is 6.48. The van der Waals surface area contributed by atoms with Gasteiger partial charge >= 0.3 is 0 Å². The van der Waals surface area contributed by atoms with Gasteiger partial charge in [0, 0.05) is 19.2 Å². The third kappa shape index (κ3) is 4.76. The summed E-state index contributed by atoms with van der Waals surface area (Å²) in [5.41, 5.74) is 5.02. The second kappa shape index (κ2) is 9.68. The zero-order valence-corrected chi connectivity index (χ0v) is 20.5. The van der Waals surface area contributed by atoms with Gasteiger partial charge in [-0.1, -0.05) is 41.7 Å². The molecule has 2 aromatic carbocycles. The van der Waals surface area contributed by atoms with E-state index in [2.05, 4.69) is 45.5 Å². The summed E-state index contributed by atoms with van der Waals surface area (Å²) in [4.78, 5) is 33.5. The van der Waals surface area contributed by atoms with E-state index in [1.54, 1.807) is 4.40 Å². The third-order valence-corrected chi connectivity index (χ3v) is 7.91. The number of hydrogen-bond acceptors (Lipinski definition) is 5. The van der Waals surface area contributed by atoms with Gasteiger partial charge in [0.05, 0.1) is 11.0 Å². The molecule has 0 aliphatic carbocycles. The number of carbonyl (C=O) groups excluding carboxylic acids is 1. The molecule has 0 saturated carbocycles. The first-order valence-electron chi connectivity index (χ1n) is 12.0. The molecule has 34 heavy (non-hydrogen) atoms. The van der Waals surface area contributed by atoms with Crippen molar-refractivity contribution in [3.8, 4) is 0 Å². The van der Waals surface area contributed by atoms with Crippen molar-refractivity contribution in [1.82, 2.24) is 19.6 Å². The highest BCUT2D eigenvalue weighted by atomic mass is 32.1. The van der Waals surface area contributed by atoms with Crippen molar-refractivity contribution < 1.29 is 4.79 Å². The molecule has 1 N–H and O–H groups in total. The number of hydrogen-bond donors (Lipinski definition) is 1. The van der Waals surface area contributed by atoms with Crippen molar-refractivity contribution in [2.75, 3.05) is 26.2 Å². The van der Waals surface area contributed by atoms with E-state index in [4.69, 9.17) is 0 Å². The summed E-state index contributed by atoms with van der Waals surface area (Å²) in [6, 6.07) is 16.1. The molecule has 176 valence electrons. The van der Waals surface area contributed by atoms with E-state index in [1.165, 1.54) is 35.8 Å². The molecule has 0 atom stereocenters. The van der Waals surface area contributed by atoms with Crippen molar-refractivity contribution in [1.29, 1.82) is 0 Å². The summed E-state index contributed by atoms with van der Waals surface area (Å²) < 4.78 is 1.60. The topological polar surface area (TPSA) is 66.7 Å². The van der Waals surface area contributed by atoms with E-state index < -0.39 is 0 Å². The number of piperidine rings is 1. The smallest absolute Gasteiger partial charge is 0.261 e. The van der Waals surface area contributed by atoms with Gasteiger partial charge in [0.25, 0.3) is 11.5 Å². The monoisotopic (exact) mass is 474 g/mol. The first-order chi connectivity index (χ1) is 16.5. The highest BCUT2D eigenvalue weighted by Crippen LogP contribution is 2.23. The lowest BCUT2D eigenvalue weighted by molar-refractivity contribution is 0.0947. The number of carbonyl (C=O) groups is 1. The predicted octanol–water partition coefficient (Wildman–Crippen LogP) is 4.21. The number of rotatable bonds is 6. The summed E-state index contributed by atoms with van der Waals surface area (Å²) in [5.74, 6) is 0.526. The van der Waals surface area contributed by atoms with Gasteiger partial charge in [-0.3, -0.25) is 14.0 Å². The first kappa shape index (κ1) is 22.7. The molecule has 1 amide bonds. The summed E-state index contributed by atoms with van der Waals surface area (Å²) in [6.45, 7) is 7.58. The lowest BCUT2D eigenvalue weighted by atomic mass is 9.90. The van der Waals surface area contributed by atoms with Gasteiger partial charge in [0.2, 0.25) is 0 Å². The van der Waals surface area contributed by atoms with Gasteiger partial charge in [0.1, 0.15) is 4.88 Å². The van der Waals surface area contributed by atoms with Crippen LogP contribution in [0.3, 0.4) is 0 Å². The number of nitrogens with one attached hydrogen (secondary N) is 1. The van der Waals surface area contributed by atoms with Crippen LogP contribution in [0.15, 0.2) is 53.3 Å². The Hall–Kier alpha value is -3.03. The van der Waals surface area contributed by atoms with Gasteiger partial charge in [-0.2, -0.15) is 0 Å². The minimum Gasteiger partial charge on any atom is -0.350 e. The van der Waals surface area contributed by atoms with Gasteiger partial charge in [-0.25, -0.2) is 4.98 Å². The van der Waals surface area contributed by atoms with Crippen LogP contribution in [-0.4, -0.2) is 46.4 Å². The highest BCUT2D eigenvalue weighted by molar-refractivity contribution is 7.18. The van der Waals surface area contributed by atoms with Crippen molar-refractivity contribution in [3.05, 3.63) is 80.5 Å². The van der Waals surface area contributed by atoms with E-state index in [1.807, 2.05) is 26.0 Å². The number of nitrogens with zero attached hydrogens (tertiary/aromatic N) is 3. The molecule has 2 aromatic heterocycles. The number of likely N-dealkylation sites (tertiary alicyclic amines) is 1. The zero-order chi connectivity index (χ0) is 23.7. The molecule has 0 bridgehead atoms. The van der Waals surface area contributed by atoms with Gasteiger partial charge < -0.3 is 10.2 Å². The Bertz CT molecular complexity index is 1380. The molecule has 0 spiro atoms. The molecule has 3 heterocycles. The molecule has 0 radical (unpaired) electrons. The zero-order valence-electron chi connectivity index (χ0n) is 19.7. The number of aryl methyl sites for hydroxylation is 2. The fourth-order valence-electron chi connectivity index (χ4n) is 4.78. The minimum absolute atomic E-state index is 0.206. The largest absolute Gasteiger partial charge is 0.350 e. The first-order valence-corrected chi connectivity index (χ1v) is 12.8. The number of amides is 1. The standard InChI is InChI=1S/C27H30N4O2S/c1-18-14-22-23(15-19(18)2)31-25(32)17-24(34-27(31)29-22)26(33)28-10-13-30-11-8-21(9-12-30)16-20-6-4-3-5-7-20/h3-7,14-15,17,21H,8-13,16H2,1-2H3,(H,28,33). The van der Waals surface area contributed by atoms with E-state index in [9.17, 15) is 9.59 Å². The lowest BCUT2D eigenvalue weighted by Gasteiger charge is -2.32. The van der Waals surface area contributed by atoms with Crippen LogP contribution in [0.5, 0.6) is 0 Å². The molecule has 5 rings (SSSR count). The van der Waals surface area contributed by atoms with Crippen LogP contribution in [0.25, 0.3) is 16.0 Å². The Morgan fingerprint density at radius 1 is 1.09 bits per heavy atom. The van der Waals surface area contributed by atoms with Gasteiger partial charge in [-0.15, -0.1) is 0 Å². The predicted molar refractivity (Wildman–Crippen MR) is 138 cm³/mol. The second-order valence-electron chi connectivity index (χ2n) is 9.33. The fraction of sp³-hybridized carbons (Fsp3) is 0.370. The average molecular weight is 475 g/mol. The number of fused-ring (bicyclic) bond motifs is 3. The number of aromatic nitrogens is 2. The molecular formula is C27H30N4O2S. The molecule has 7 heteroatoms. The maximum Gasteiger partial charge on any atom is 0.261 e. The maximum absolute atomic E-state index is 12.8. The normalized spacial score (nSPS) is 15.2. The van der Waals surface area contributed by atoms with Gasteiger partial charge in [-0.05, 0) is 80.9 Å². The van der Waals surface area contributed by atoms with Crippen molar-refractivity contribution in [3.63, 3.8) is 0 Å². The van der Waals surface area contributed by atoms with Crippen LogP contribution in [-0.2, 0) is 6.42 Å². The van der Waals surface area contributed by atoms with E-state index >= 15 is 0 Å². The Morgan fingerprint density at radius 3 is 2.59 bits per heavy atom. The SMILES string of the molecule is Cc1cc2nc3sc(C(=O)NCCN4CCC(Cc5ccccc5)CC4)cc(=O)n3c2cc1C. The summed E-state index contributed by atoms with van der Waals surface area (Å²) in [6.07, 6.45) is 3.52. The average Bonchev–Trinajstić information content (AvgIpc) is 3.18. The maximum atomic E-state index is 12.8. The molecule has 1 aliphatic heterocycles. The summed E-state index contributed by atoms with van der Waals surface area (Å²) in [7, 11) is 0. The summed E-state index contributed by atoms with van der Waals surface area (Å²) in [5, 5.41) is 3.00. The van der Waals surface area contributed by atoms with E-state index in [-0.39, 0.29) is 11.5 Å². The minimum atomic E-state index is -0.217. The molecule has 1 fully saturated rings. The molecule has 6 nitrogen and oxygen atoms in total. The molecule has 0 unspecified atom stereocenters. The Labute approximate surface area is 203 Å². The molecular weight excluding hydrogens is 444 g/mol. The van der Waals surface area contributed by atoms with Crippen LogP contribution in [0.1, 0.15) is 39.2 Å². The van der Waals surface area contributed by atoms with E-state index in [0.717, 1.165) is 54.1 Å². The van der Waals surface area contributed by atoms with Crippen molar-refractivity contribution >= 4 is 33.2 Å². The quantitative estimate of drug-likeness (QED) is 0.455. The van der Waals surface area contributed by atoms with Crippen LogP contribution < -0.4 is 10.9 Å². The van der Waals surface area contributed by atoms with E-state index in [0.29, 0.717) is 16.4 Å². The highest BCUT2D eigenvalue weighted by Gasteiger charge is 2.20. The van der Waals surface area contributed by atoms with Crippen molar-refractivity contribution in [2.24, 2.45) is 5.92 Å². The second-order valence-corrected chi connectivity index (χ2v) is 10.3. The van der Waals surface area contributed by atoms with Crippen LogP contribution in [0.2, 0.25) is 0 Å². The molecule has 1 aliphatic rings.